The van der Waals surface area contributed by atoms with E-state index in [9.17, 15) is 5.11 Å². The van der Waals surface area contributed by atoms with Crippen molar-refractivity contribution in [1.82, 2.24) is 5.32 Å². The van der Waals surface area contributed by atoms with Crippen molar-refractivity contribution in [3.05, 3.63) is 84.4 Å². The molecule has 0 saturated carbocycles. The molecule has 2 N–H and O–H groups in total. The van der Waals surface area contributed by atoms with Crippen molar-refractivity contribution in [1.29, 1.82) is 0 Å². The van der Waals surface area contributed by atoms with Gasteiger partial charge in [-0.2, -0.15) is 0 Å². The molecule has 0 unspecified atom stereocenters. The molecule has 2 aromatic carbocycles. The van der Waals surface area contributed by atoms with Crippen LogP contribution in [0.25, 0.3) is 0 Å². The largest absolute Gasteiger partial charge is 0.389 e. The standard InChI is InChI=1S/C22H27NO/c1-4-15-22(24)16(2)20(18-11-7-5-8-12-18)23-21(17(22)3)19-13-9-6-10-14-19/h4-14,16-17,20-21,23-24H,1,15H2,2-3H3/t16-,17-,20-,21-/m0/s1. The molecule has 1 aliphatic heterocycles. The summed E-state index contributed by atoms with van der Waals surface area (Å²) in [5.41, 5.74) is 1.66. The summed E-state index contributed by atoms with van der Waals surface area (Å²) in [7, 11) is 0. The molecule has 3 rings (SSSR count). The number of hydrogen-bond donors (Lipinski definition) is 2. The second-order valence-corrected chi connectivity index (χ2v) is 7.00. The van der Waals surface area contributed by atoms with Gasteiger partial charge >= 0.3 is 0 Å². The number of nitrogens with one attached hydrogen (secondary N) is 1. The van der Waals surface area contributed by atoms with Gasteiger partial charge in [0.05, 0.1) is 5.60 Å². The van der Waals surface area contributed by atoms with Crippen LogP contribution in [0.1, 0.15) is 43.5 Å². The van der Waals surface area contributed by atoms with Crippen LogP contribution in [0.5, 0.6) is 0 Å². The van der Waals surface area contributed by atoms with Gasteiger partial charge in [-0.05, 0) is 17.5 Å². The van der Waals surface area contributed by atoms with Crippen molar-refractivity contribution in [2.75, 3.05) is 0 Å². The molecule has 0 spiro atoms. The Kier molecular flexibility index (Phi) is 4.88. The number of aliphatic hydroxyl groups is 1. The van der Waals surface area contributed by atoms with Crippen molar-refractivity contribution in [2.24, 2.45) is 11.8 Å². The van der Waals surface area contributed by atoms with E-state index in [2.05, 4.69) is 74.3 Å². The molecule has 0 radical (unpaired) electrons. The second kappa shape index (κ2) is 6.92. The SMILES string of the molecule is C=CCC1(O)[C@@H](C)[C@@H](c2ccccc2)N[C@H](c2ccccc2)[C@@H]1C. The first kappa shape index (κ1) is 16.9. The molecule has 1 fully saturated rings. The van der Waals surface area contributed by atoms with Crippen LogP contribution in [-0.4, -0.2) is 10.7 Å². The maximum atomic E-state index is 11.6. The van der Waals surface area contributed by atoms with Crippen molar-refractivity contribution in [2.45, 2.75) is 38.0 Å². The van der Waals surface area contributed by atoms with E-state index in [1.54, 1.807) is 0 Å². The maximum Gasteiger partial charge on any atom is 0.0768 e. The lowest BCUT2D eigenvalue weighted by molar-refractivity contribution is -0.108. The molecule has 1 saturated heterocycles. The van der Waals surface area contributed by atoms with Crippen LogP contribution in [0.3, 0.4) is 0 Å². The molecule has 4 atom stereocenters. The number of benzene rings is 2. The summed E-state index contributed by atoms with van der Waals surface area (Å²) >= 11 is 0. The molecular formula is C22H27NO. The van der Waals surface area contributed by atoms with Gasteiger partial charge < -0.3 is 10.4 Å². The van der Waals surface area contributed by atoms with E-state index in [4.69, 9.17) is 0 Å². The zero-order chi connectivity index (χ0) is 17.2. The van der Waals surface area contributed by atoms with Crippen molar-refractivity contribution < 1.29 is 5.11 Å². The van der Waals surface area contributed by atoms with Gasteiger partial charge in [0.1, 0.15) is 0 Å². The average Bonchev–Trinajstić information content (AvgIpc) is 2.62. The molecule has 0 aliphatic carbocycles. The highest BCUT2D eigenvalue weighted by Gasteiger charge is 2.50. The highest BCUT2D eigenvalue weighted by molar-refractivity contribution is 5.28. The molecule has 126 valence electrons. The third-order valence-electron chi connectivity index (χ3n) is 5.72. The topological polar surface area (TPSA) is 32.3 Å². The predicted octanol–water partition coefficient (Wildman–Crippen LogP) is 4.65. The molecular weight excluding hydrogens is 294 g/mol. The summed E-state index contributed by atoms with van der Waals surface area (Å²) < 4.78 is 0. The van der Waals surface area contributed by atoms with Crippen LogP contribution >= 0.6 is 0 Å². The molecule has 2 aromatic rings. The van der Waals surface area contributed by atoms with Gasteiger partial charge in [0.2, 0.25) is 0 Å². The first-order valence-electron chi connectivity index (χ1n) is 8.77. The average molecular weight is 321 g/mol. The Hall–Kier alpha value is -1.90. The van der Waals surface area contributed by atoms with E-state index in [0.717, 1.165) is 0 Å². The monoisotopic (exact) mass is 321 g/mol. The first-order valence-corrected chi connectivity index (χ1v) is 8.77. The van der Waals surface area contributed by atoms with Crippen LogP contribution in [0.15, 0.2) is 73.3 Å². The Morgan fingerprint density at radius 2 is 1.33 bits per heavy atom. The fraction of sp³-hybridized carbons (Fsp3) is 0.364. The highest BCUT2D eigenvalue weighted by atomic mass is 16.3. The summed E-state index contributed by atoms with van der Waals surface area (Å²) in [5, 5.41) is 15.4. The smallest absolute Gasteiger partial charge is 0.0768 e. The minimum absolute atomic E-state index is 0.0906. The third kappa shape index (κ3) is 2.92. The Bertz CT molecular complexity index is 615. The normalized spacial score (nSPS) is 33.1. The van der Waals surface area contributed by atoms with Gasteiger partial charge in [-0.15, -0.1) is 6.58 Å². The Morgan fingerprint density at radius 3 is 1.71 bits per heavy atom. The van der Waals surface area contributed by atoms with Gasteiger partial charge in [0.15, 0.2) is 0 Å². The lowest BCUT2D eigenvalue weighted by Gasteiger charge is -2.52. The van der Waals surface area contributed by atoms with E-state index in [1.165, 1.54) is 11.1 Å². The van der Waals surface area contributed by atoms with Crippen LogP contribution < -0.4 is 5.32 Å². The molecule has 1 heterocycles. The first-order chi connectivity index (χ1) is 11.6. The minimum Gasteiger partial charge on any atom is -0.389 e. The molecule has 1 aliphatic rings. The Balaban J connectivity index is 2.03. The summed E-state index contributed by atoms with van der Waals surface area (Å²) in [5.74, 6) is 0.181. The summed E-state index contributed by atoms with van der Waals surface area (Å²) in [6.45, 7) is 8.17. The molecule has 0 bridgehead atoms. The lowest BCUT2D eigenvalue weighted by atomic mass is 9.65. The zero-order valence-electron chi connectivity index (χ0n) is 14.5. The zero-order valence-corrected chi connectivity index (χ0v) is 14.5. The maximum absolute atomic E-state index is 11.6. The van der Waals surface area contributed by atoms with Gasteiger partial charge in [0.25, 0.3) is 0 Å². The number of piperidine rings is 1. The van der Waals surface area contributed by atoms with Crippen LogP contribution in [0.4, 0.5) is 0 Å². The predicted molar refractivity (Wildman–Crippen MR) is 99.6 cm³/mol. The molecule has 2 heteroatoms. The summed E-state index contributed by atoms with van der Waals surface area (Å²) in [6.07, 6.45) is 2.45. The van der Waals surface area contributed by atoms with E-state index in [1.807, 2.05) is 18.2 Å². The van der Waals surface area contributed by atoms with E-state index >= 15 is 0 Å². The third-order valence-corrected chi connectivity index (χ3v) is 5.72. The second-order valence-electron chi connectivity index (χ2n) is 7.00. The van der Waals surface area contributed by atoms with E-state index in [0.29, 0.717) is 6.42 Å². The summed E-state index contributed by atoms with van der Waals surface area (Å²) in [4.78, 5) is 0. The quantitative estimate of drug-likeness (QED) is 0.803. The molecule has 2 nitrogen and oxygen atoms in total. The van der Waals surface area contributed by atoms with Crippen molar-refractivity contribution in [3.63, 3.8) is 0 Å². The number of hydrogen-bond acceptors (Lipinski definition) is 2. The molecule has 0 aromatic heterocycles. The van der Waals surface area contributed by atoms with Gasteiger partial charge in [0, 0.05) is 23.9 Å². The fourth-order valence-electron chi connectivity index (χ4n) is 4.17. The van der Waals surface area contributed by atoms with E-state index < -0.39 is 5.60 Å². The van der Waals surface area contributed by atoms with Crippen molar-refractivity contribution in [3.8, 4) is 0 Å². The lowest BCUT2D eigenvalue weighted by Crippen LogP contribution is -2.57. The van der Waals surface area contributed by atoms with Gasteiger partial charge in [-0.3, -0.25) is 0 Å². The highest BCUT2D eigenvalue weighted by Crippen LogP contribution is 2.48. The minimum atomic E-state index is -0.784. The molecule has 24 heavy (non-hydrogen) atoms. The van der Waals surface area contributed by atoms with Gasteiger partial charge in [-0.1, -0.05) is 80.6 Å². The Labute approximate surface area is 145 Å². The van der Waals surface area contributed by atoms with E-state index in [-0.39, 0.29) is 23.9 Å². The fourth-order valence-corrected chi connectivity index (χ4v) is 4.17. The number of rotatable bonds is 4. The summed E-state index contributed by atoms with van der Waals surface area (Å²) in [6, 6.07) is 21.1. The van der Waals surface area contributed by atoms with Gasteiger partial charge in [-0.25, -0.2) is 0 Å². The van der Waals surface area contributed by atoms with Crippen LogP contribution in [0, 0.1) is 11.8 Å². The Morgan fingerprint density at radius 1 is 0.917 bits per heavy atom. The van der Waals surface area contributed by atoms with Crippen LogP contribution in [0.2, 0.25) is 0 Å². The van der Waals surface area contributed by atoms with Crippen LogP contribution in [-0.2, 0) is 0 Å². The molecule has 0 amide bonds. The van der Waals surface area contributed by atoms with Crippen molar-refractivity contribution >= 4 is 0 Å².